The lowest BCUT2D eigenvalue weighted by Crippen LogP contribution is -2.61. The Hall–Kier alpha value is -4.27. The summed E-state index contributed by atoms with van der Waals surface area (Å²) in [6.45, 7) is 12.5. The van der Waals surface area contributed by atoms with Gasteiger partial charge in [-0.2, -0.15) is 0 Å². The standard InChI is InChI=1S/C38H57N7O7/c1-37(2,3)31(41-35(50)52-7)33(48)42-44(21-26-16-17-26)23-30(47)29(20-25-12-9-8-10-13-25)40-34(49)32(38(4,5)6)45-19-18-43(36(45)51)22-27-14-11-15-28(24-46)39-27/h8-15,26,29-32,46-47H,16-24H2,1-7H3,(H,40,49)(H,41,50)(H,42,48). The number of nitrogens with one attached hydrogen (secondary N) is 3. The fraction of sp³-hybridized carbons (Fsp3) is 0.605. The second-order valence-corrected chi connectivity index (χ2v) is 16.1. The van der Waals surface area contributed by atoms with Crippen LogP contribution in [-0.2, 0) is 33.9 Å². The van der Waals surface area contributed by atoms with E-state index in [0.717, 1.165) is 18.4 Å². The van der Waals surface area contributed by atoms with Crippen LogP contribution in [0.4, 0.5) is 9.59 Å². The van der Waals surface area contributed by atoms with Crippen molar-refractivity contribution in [2.24, 2.45) is 16.7 Å². The maximum atomic E-state index is 14.3. The van der Waals surface area contributed by atoms with Crippen molar-refractivity contribution < 1.29 is 34.1 Å². The number of methoxy groups -OCH3 is 1. The van der Waals surface area contributed by atoms with E-state index in [1.54, 1.807) is 33.0 Å². The highest BCUT2D eigenvalue weighted by molar-refractivity contribution is 5.89. The van der Waals surface area contributed by atoms with Gasteiger partial charge in [0.05, 0.1) is 43.8 Å². The number of urea groups is 1. The molecule has 2 heterocycles. The summed E-state index contributed by atoms with van der Waals surface area (Å²) in [6.07, 6.45) is 0.438. The first-order valence-corrected chi connectivity index (χ1v) is 18.0. The maximum Gasteiger partial charge on any atom is 0.407 e. The lowest BCUT2D eigenvalue weighted by molar-refractivity contribution is -0.133. The van der Waals surface area contributed by atoms with Gasteiger partial charge in [-0.25, -0.2) is 14.6 Å². The Bertz CT molecular complexity index is 1520. The van der Waals surface area contributed by atoms with E-state index in [1.165, 1.54) is 7.11 Å². The zero-order chi connectivity index (χ0) is 38.2. The van der Waals surface area contributed by atoms with E-state index in [4.69, 9.17) is 4.74 Å². The number of aliphatic hydroxyl groups is 2. The molecule has 286 valence electrons. The number of amides is 5. The minimum atomic E-state index is -1.12. The van der Waals surface area contributed by atoms with Gasteiger partial charge in [-0.3, -0.25) is 20.0 Å². The van der Waals surface area contributed by atoms with Gasteiger partial charge in [-0.05, 0) is 53.7 Å². The van der Waals surface area contributed by atoms with Crippen LogP contribution in [0.15, 0.2) is 48.5 Å². The van der Waals surface area contributed by atoms with Gasteiger partial charge in [0.1, 0.15) is 12.1 Å². The molecule has 2 fully saturated rings. The number of ether oxygens (including phenoxy) is 1. The van der Waals surface area contributed by atoms with Crippen molar-refractivity contribution in [2.45, 2.75) is 98.2 Å². The van der Waals surface area contributed by atoms with E-state index in [0.29, 0.717) is 43.4 Å². The van der Waals surface area contributed by atoms with E-state index in [2.05, 4.69) is 21.0 Å². The maximum absolute atomic E-state index is 14.3. The number of carbonyl (C=O) groups is 4. The summed E-state index contributed by atoms with van der Waals surface area (Å²) in [4.78, 5) is 61.5. The fourth-order valence-corrected chi connectivity index (χ4v) is 6.51. The number of pyridine rings is 1. The van der Waals surface area contributed by atoms with Crippen molar-refractivity contribution in [3.8, 4) is 0 Å². The number of aromatic nitrogens is 1. The molecule has 4 unspecified atom stereocenters. The first kappa shape index (κ1) is 40.5. The predicted molar refractivity (Wildman–Crippen MR) is 195 cm³/mol. The van der Waals surface area contributed by atoms with Gasteiger partial charge in [0.15, 0.2) is 0 Å². The third-order valence-electron chi connectivity index (χ3n) is 9.40. The van der Waals surface area contributed by atoms with Crippen molar-refractivity contribution in [1.29, 1.82) is 0 Å². The van der Waals surface area contributed by atoms with E-state index in [1.807, 2.05) is 71.9 Å². The lowest BCUT2D eigenvalue weighted by Gasteiger charge is -2.38. The molecule has 2 aromatic rings. The molecule has 4 rings (SSSR count). The molecular weight excluding hydrogens is 666 g/mol. The number of hydrazine groups is 1. The molecule has 1 saturated heterocycles. The predicted octanol–water partition coefficient (Wildman–Crippen LogP) is 2.83. The number of aliphatic hydroxyl groups excluding tert-OH is 2. The molecule has 5 N–H and O–H groups in total. The lowest BCUT2D eigenvalue weighted by atomic mass is 9.84. The number of carbonyl (C=O) groups excluding carboxylic acids is 4. The van der Waals surface area contributed by atoms with Crippen molar-refractivity contribution in [3.05, 3.63) is 65.5 Å². The van der Waals surface area contributed by atoms with Crippen LogP contribution in [0.1, 0.15) is 71.3 Å². The molecule has 14 heteroatoms. The first-order valence-electron chi connectivity index (χ1n) is 18.0. The summed E-state index contributed by atoms with van der Waals surface area (Å²) in [5, 5.41) is 28.8. The van der Waals surface area contributed by atoms with E-state index in [-0.39, 0.29) is 25.7 Å². The molecule has 1 saturated carbocycles. The minimum Gasteiger partial charge on any atom is -0.453 e. The molecule has 52 heavy (non-hydrogen) atoms. The molecule has 0 radical (unpaired) electrons. The van der Waals surface area contributed by atoms with E-state index >= 15 is 0 Å². The summed E-state index contributed by atoms with van der Waals surface area (Å²) >= 11 is 0. The zero-order valence-corrected chi connectivity index (χ0v) is 31.6. The number of hydrogen-bond donors (Lipinski definition) is 5. The van der Waals surface area contributed by atoms with E-state index < -0.39 is 53.0 Å². The second-order valence-electron chi connectivity index (χ2n) is 16.1. The molecule has 14 nitrogen and oxygen atoms in total. The summed E-state index contributed by atoms with van der Waals surface area (Å²) in [5.41, 5.74) is 3.68. The van der Waals surface area contributed by atoms with Crippen molar-refractivity contribution in [1.82, 2.24) is 35.9 Å². The Morgan fingerprint density at radius 3 is 2.21 bits per heavy atom. The smallest absolute Gasteiger partial charge is 0.407 e. The highest BCUT2D eigenvalue weighted by atomic mass is 16.5. The summed E-state index contributed by atoms with van der Waals surface area (Å²) in [6, 6.07) is 12.0. The monoisotopic (exact) mass is 723 g/mol. The molecule has 1 aromatic heterocycles. The van der Waals surface area contributed by atoms with Gasteiger partial charge < -0.3 is 35.4 Å². The van der Waals surface area contributed by atoms with Crippen molar-refractivity contribution in [3.63, 3.8) is 0 Å². The average molecular weight is 724 g/mol. The summed E-state index contributed by atoms with van der Waals surface area (Å²) < 4.78 is 4.76. The van der Waals surface area contributed by atoms with Crippen LogP contribution in [0.2, 0.25) is 0 Å². The van der Waals surface area contributed by atoms with Gasteiger partial charge in [0, 0.05) is 26.2 Å². The Morgan fingerprint density at radius 2 is 1.62 bits per heavy atom. The molecule has 2 aliphatic rings. The summed E-state index contributed by atoms with van der Waals surface area (Å²) in [5.74, 6) is -0.499. The Labute approximate surface area is 307 Å². The second kappa shape index (κ2) is 17.5. The third kappa shape index (κ3) is 11.4. The highest BCUT2D eigenvalue weighted by Crippen LogP contribution is 2.31. The SMILES string of the molecule is COC(=O)NC(C(=O)NN(CC1CC1)CC(O)C(Cc1ccccc1)NC(=O)C(N1CCN(Cc2cccc(CO)n2)C1=O)C(C)(C)C)C(C)(C)C. The van der Waals surface area contributed by atoms with Gasteiger partial charge in [-0.15, -0.1) is 0 Å². The molecule has 0 spiro atoms. The fourth-order valence-electron chi connectivity index (χ4n) is 6.51. The Balaban J connectivity index is 1.54. The van der Waals surface area contributed by atoms with Gasteiger partial charge in [-0.1, -0.05) is 77.9 Å². The number of nitrogens with zero attached hydrogens (tertiary/aromatic N) is 4. The quantitative estimate of drug-likeness (QED) is 0.163. The topological polar surface area (TPSA) is 177 Å². The number of benzene rings is 1. The molecule has 1 aliphatic heterocycles. The number of hydrogen-bond acceptors (Lipinski definition) is 9. The van der Waals surface area contributed by atoms with Gasteiger partial charge in [0.25, 0.3) is 5.91 Å². The molecule has 0 bridgehead atoms. The van der Waals surface area contributed by atoms with E-state index in [9.17, 15) is 29.4 Å². The van der Waals surface area contributed by atoms with Crippen LogP contribution in [-0.4, -0.2) is 111 Å². The molecule has 1 aliphatic carbocycles. The van der Waals surface area contributed by atoms with Crippen LogP contribution in [0.3, 0.4) is 0 Å². The van der Waals surface area contributed by atoms with Crippen LogP contribution in [0.25, 0.3) is 0 Å². The van der Waals surface area contributed by atoms with Crippen molar-refractivity contribution >= 4 is 23.9 Å². The molecule has 4 atom stereocenters. The average Bonchev–Trinajstić information content (AvgIpc) is 3.84. The summed E-state index contributed by atoms with van der Waals surface area (Å²) in [7, 11) is 1.24. The number of alkyl carbamates (subject to hydrolysis) is 1. The molecule has 5 amide bonds. The van der Waals surface area contributed by atoms with Gasteiger partial charge >= 0.3 is 12.1 Å². The molecule has 1 aromatic carbocycles. The van der Waals surface area contributed by atoms with Crippen LogP contribution in [0, 0.1) is 16.7 Å². The van der Waals surface area contributed by atoms with Crippen LogP contribution < -0.4 is 16.1 Å². The van der Waals surface area contributed by atoms with Crippen molar-refractivity contribution in [2.75, 3.05) is 33.3 Å². The zero-order valence-electron chi connectivity index (χ0n) is 31.6. The first-order chi connectivity index (χ1) is 24.5. The minimum absolute atomic E-state index is 0.00557. The van der Waals surface area contributed by atoms with Crippen LogP contribution >= 0.6 is 0 Å². The highest BCUT2D eigenvalue weighted by Gasteiger charge is 2.44. The van der Waals surface area contributed by atoms with Gasteiger partial charge in [0.2, 0.25) is 5.91 Å². The largest absolute Gasteiger partial charge is 0.453 e. The normalized spacial score (nSPS) is 17.4. The molecular formula is C38H57N7O7. The van der Waals surface area contributed by atoms with Crippen LogP contribution in [0.5, 0.6) is 0 Å². The number of rotatable bonds is 16. The Morgan fingerprint density at radius 1 is 0.942 bits per heavy atom. The Kier molecular flexibility index (Phi) is 13.6. The third-order valence-corrected chi connectivity index (χ3v) is 9.40.